The lowest BCUT2D eigenvalue weighted by Gasteiger charge is -2.12. The number of nitrogens with one attached hydrogen (secondary N) is 2. The molecule has 2 heterocycles. The van der Waals surface area contributed by atoms with Crippen LogP contribution in [0, 0.1) is 11.3 Å². The Balaban J connectivity index is 1.59. The molecular weight excluding hydrogens is 404 g/mol. The highest BCUT2D eigenvalue weighted by Gasteiger charge is 2.16. The molecule has 8 heteroatoms. The lowest BCUT2D eigenvalue weighted by Crippen LogP contribution is -2.11. The molecule has 4 rings (SSSR count). The van der Waals surface area contributed by atoms with Gasteiger partial charge in [-0.25, -0.2) is 15.0 Å². The number of fused-ring (bicyclic) bond motifs is 1. The number of anilines is 1. The van der Waals surface area contributed by atoms with Crippen LogP contribution in [0.15, 0.2) is 53.7 Å². The quantitative estimate of drug-likeness (QED) is 0.340. The second kappa shape index (κ2) is 8.52. The Labute approximate surface area is 177 Å². The minimum atomic E-state index is 0.412. The highest BCUT2D eigenvalue weighted by atomic mass is 35.5. The molecule has 0 fully saturated rings. The molecule has 0 unspecified atom stereocenters. The molecule has 0 saturated heterocycles. The maximum Gasteiger partial charge on any atom is 0.189 e. The lowest BCUT2D eigenvalue weighted by molar-refractivity contribution is 0.906. The first kappa shape index (κ1) is 19.2. The van der Waals surface area contributed by atoms with Crippen LogP contribution in [0.25, 0.3) is 22.3 Å². The first-order chi connectivity index (χ1) is 14.2. The van der Waals surface area contributed by atoms with Crippen LogP contribution < -0.4 is 5.32 Å². The number of thioether (sulfide) groups is 1. The van der Waals surface area contributed by atoms with E-state index in [-0.39, 0.29) is 0 Å². The molecule has 0 aliphatic rings. The van der Waals surface area contributed by atoms with Crippen molar-refractivity contribution in [3.8, 4) is 17.3 Å². The third-order valence-electron chi connectivity index (χ3n) is 4.39. The monoisotopic (exact) mass is 420 g/mol. The Morgan fingerprint density at radius 1 is 1.10 bits per heavy atom. The van der Waals surface area contributed by atoms with Crippen LogP contribution in [0.1, 0.15) is 11.4 Å². The number of rotatable bonds is 6. The average molecular weight is 421 g/mol. The number of imidazole rings is 1. The van der Waals surface area contributed by atoms with Gasteiger partial charge in [-0.3, -0.25) is 0 Å². The molecule has 2 N–H and O–H groups in total. The van der Waals surface area contributed by atoms with Crippen molar-refractivity contribution in [1.29, 1.82) is 5.26 Å². The number of halogens is 1. The number of nitrogens with zero attached hydrogens (tertiary/aromatic N) is 4. The summed E-state index contributed by atoms with van der Waals surface area (Å²) in [5, 5.41) is 14.3. The summed E-state index contributed by atoms with van der Waals surface area (Å²) in [4.78, 5) is 16.9. The molecule has 29 heavy (non-hydrogen) atoms. The average Bonchev–Trinajstić information content (AvgIpc) is 3.16. The zero-order chi connectivity index (χ0) is 20.2. The molecule has 0 aliphatic heterocycles. The van der Waals surface area contributed by atoms with Gasteiger partial charge in [-0.2, -0.15) is 5.26 Å². The number of benzene rings is 2. The zero-order valence-corrected chi connectivity index (χ0v) is 17.2. The van der Waals surface area contributed by atoms with Crippen molar-refractivity contribution in [2.75, 3.05) is 18.1 Å². The predicted molar refractivity (Wildman–Crippen MR) is 117 cm³/mol. The molecular formula is C21H17ClN6S. The summed E-state index contributed by atoms with van der Waals surface area (Å²) in [6.45, 7) is 0.583. The Kier molecular flexibility index (Phi) is 5.65. The maximum atomic E-state index is 9.77. The second-order valence-corrected chi connectivity index (χ2v) is 7.49. The molecule has 0 radical (unpaired) electrons. The van der Waals surface area contributed by atoms with E-state index in [2.05, 4.69) is 31.3 Å². The van der Waals surface area contributed by atoms with Gasteiger partial charge in [0.25, 0.3) is 0 Å². The number of hydrogen-bond acceptors (Lipinski definition) is 6. The minimum absolute atomic E-state index is 0.412. The molecule has 0 saturated carbocycles. The highest BCUT2D eigenvalue weighted by molar-refractivity contribution is 7.98. The van der Waals surface area contributed by atoms with Crippen molar-refractivity contribution < 1.29 is 0 Å². The number of aromatic nitrogens is 4. The van der Waals surface area contributed by atoms with Gasteiger partial charge in [0.15, 0.2) is 5.16 Å². The molecule has 144 valence electrons. The highest BCUT2D eigenvalue weighted by Crippen LogP contribution is 2.29. The molecule has 2 aromatic carbocycles. The fourth-order valence-electron chi connectivity index (χ4n) is 3.01. The van der Waals surface area contributed by atoms with Gasteiger partial charge in [0.1, 0.15) is 23.3 Å². The zero-order valence-electron chi connectivity index (χ0n) is 15.6. The molecule has 4 aromatic rings. The van der Waals surface area contributed by atoms with Crippen molar-refractivity contribution in [3.63, 3.8) is 0 Å². The number of hydrogen-bond donors (Lipinski definition) is 2. The first-order valence-corrected chi connectivity index (χ1v) is 10.6. The summed E-state index contributed by atoms with van der Waals surface area (Å²) in [6.07, 6.45) is 2.58. The molecule has 0 aliphatic carbocycles. The Hall–Kier alpha value is -3.08. The maximum absolute atomic E-state index is 9.77. The first-order valence-electron chi connectivity index (χ1n) is 8.97. The van der Waals surface area contributed by atoms with Gasteiger partial charge in [0, 0.05) is 23.6 Å². The van der Waals surface area contributed by atoms with Crippen LogP contribution in [-0.4, -0.2) is 32.7 Å². The topological polar surface area (TPSA) is 90.3 Å². The molecule has 0 amide bonds. The van der Waals surface area contributed by atoms with E-state index in [4.69, 9.17) is 11.6 Å². The van der Waals surface area contributed by atoms with Gasteiger partial charge in [-0.05, 0) is 30.5 Å². The van der Waals surface area contributed by atoms with E-state index in [9.17, 15) is 5.26 Å². The smallest absolute Gasteiger partial charge is 0.189 e. The van der Waals surface area contributed by atoms with Crippen LogP contribution in [0.3, 0.4) is 0 Å². The van der Waals surface area contributed by atoms with Gasteiger partial charge in [0.05, 0.1) is 16.7 Å². The summed E-state index contributed by atoms with van der Waals surface area (Å²) < 4.78 is 0. The van der Waals surface area contributed by atoms with E-state index in [0.29, 0.717) is 40.2 Å². The van der Waals surface area contributed by atoms with E-state index in [1.54, 1.807) is 12.1 Å². The van der Waals surface area contributed by atoms with Crippen molar-refractivity contribution in [3.05, 3.63) is 64.9 Å². The Bertz CT molecular complexity index is 1160. The van der Waals surface area contributed by atoms with Gasteiger partial charge in [-0.15, -0.1) is 0 Å². The molecule has 0 bridgehead atoms. The number of para-hydroxylation sites is 2. The third-order valence-corrected chi connectivity index (χ3v) is 5.19. The fraction of sp³-hybridized carbons (Fsp3) is 0.143. The van der Waals surface area contributed by atoms with Crippen LogP contribution in [0.2, 0.25) is 5.02 Å². The van der Waals surface area contributed by atoms with E-state index in [1.165, 1.54) is 11.8 Å². The van der Waals surface area contributed by atoms with Crippen molar-refractivity contribution in [2.45, 2.75) is 11.6 Å². The molecule has 2 aromatic heterocycles. The van der Waals surface area contributed by atoms with Crippen molar-refractivity contribution in [2.24, 2.45) is 0 Å². The largest absolute Gasteiger partial charge is 0.368 e. The van der Waals surface area contributed by atoms with Crippen LogP contribution in [-0.2, 0) is 6.42 Å². The Morgan fingerprint density at radius 3 is 2.62 bits per heavy atom. The predicted octanol–water partition coefficient (Wildman–Crippen LogP) is 4.92. The van der Waals surface area contributed by atoms with Gasteiger partial charge in [0.2, 0.25) is 0 Å². The van der Waals surface area contributed by atoms with Gasteiger partial charge < -0.3 is 10.3 Å². The van der Waals surface area contributed by atoms with E-state index in [1.807, 2.05) is 42.7 Å². The molecule has 0 spiro atoms. The molecule has 0 atom stereocenters. The van der Waals surface area contributed by atoms with Crippen LogP contribution >= 0.6 is 23.4 Å². The van der Waals surface area contributed by atoms with Crippen molar-refractivity contribution >= 4 is 40.2 Å². The Morgan fingerprint density at radius 2 is 1.90 bits per heavy atom. The summed E-state index contributed by atoms with van der Waals surface area (Å²) in [7, 11) is 0. The number of aromatic amines is 1. The minimum Gasteiger partial charge on any atom is -0.368 e. The SMILES string of the molecule is CSc1nc(NCCc2nc3ccccc3[nH]2)c(C#N)c(-c2ccc(Cl)cc2)n1. The summed E-state index contributed by atoms with van der Waals surface area (Å²) in [5.74, 6) is 1.40. The van der Waals surface area contributed by atoms with E-state index in [0.717, 1.165) is 22.4 Å². The fourth-order valence-corrected chi connectivity index (χ4v) is 3.50. The van der Waals surface area contributed by atoms with E-state index < -0.39 is 0 Å². The molecule has 6 nitrogen and oxygen atoms in total. The van der Waals surface area contributed by atoms with Crippen LogP contribution in [0.4, 0.5) is 5.82 Å². The standard InChI is InChI=1S/C21H17ClN6S/c1-29-21-27-19(13-6-8-14(22)9-7-13)15(12-23)20(28-21)24-11-10-18-25-16-4-2-3-5-17(16)26-18/h2-9H,10-11H2,1H3,(H,25,26)(H,24,27,28). The summed E-state index contributed by atoms with van der Waals surface area (Å²) in [5.41, 5.74) is 3.78. The normalized spacial score (nSPS) is 10.8. The van der Waals surface area contributed by atoms with E-state index >= 15 is 0 Å². The van der Waals surface area contributed by atoms with Crippen LogP contribution in [0.5, 0.6) is 0 Å². The van der Waals surface area contributed by atoms with Crippen molar-refractivity contribution in [1.82, 2.24) is 19.9 Å². The number of H-pyrrole nitrogens is 1. The lowest BCUT2D eigenvalue weighted by atomic mass is 10.1. The second-order valence-electron chi connectivity index (χ2n) is 6.28. The summed E-state index contributed by atoms with van der Waals surface area (Å²) >= 11 is 7.43. The summed E-state index contributed by atoms with van der Waals surface area (Å²) in [6, 6.07) is 17.4. The third kappa shape index (κ3) is 4.19. The van der Waals surface area contributed by atoms with Gasteiger partial charge >= 0.3 is 0 Å². The van der Waals surface area contributed by atoms with Gasteiger partial charge in [-0.1, -0.05) is 47.6 Å². The number of nitriles is 1.